The molecule has 1 fully saturated rings. The first-order chi connectivity index (χ1) is 8.61. The molecule has 0 amide bonds. The van der Waals surface area contributed by atoms with Gasteiger partial charge in [-0.05, 0) is 30.9 Å². The van der Waals surface area contributed by atoms with Crippen LogP contribution in [0, 0.1) is 11.7 Å². The van der Waals surface area contributed by atoms with Crippen LogP contribution in [-0.4, -0.2) is 11.2 Å². The van der Waals surface area contributed by atoms with E-state index >= 15 is 0 Å². The molecule has 0 radical (unpaired) electrons. The summed E-state index contributed by atoms with van der Waals surface area (Å²) in [4.78, 5) is 0. The van der Waals surface area contributed by atoms with E-state index in [0.717, 1.165) is 25.7 Å². The Morgan fingerprint density at radius 2 is 1.89 bits per heavy atom. The van der Waals surface area contributed by atoms with Crippen molar-refractivity contribution in [3.05, 3.63) is 34.1 Å². The number of halogens is 3. The minimum absolute atomic E-state index is 0. The predicted octanol–water partition coefficient (Wildman–Crippen LogP) is 3.95. The van der Waals surface area contributed by atoms with Crippen molar-refractivity contribution >= 4 is 28.3 Å². The zero-order valence-corrected chi connectivity index (χ0v) is 13.1. The van der Waals surface area contributed by atoms with Gasteiger partial charge in [0.15, 0.2) is 0 Å². The van der Waals surface area contributed by atoms with Crippen LogP contribution in [0.25, 0.3) is 0 Å². The lowest BCUT2D eigenvalue weighted by atomic mass is 9.81. The van der Waals surface area contributed by atoms with E-state index in [9.17, 15) is 9.50 Å². The highest BCUT2D eigenvalue weighted by Crippen LogP contribution is 2.34. The molecule has 0 heterocycles. The average molecular weight is 353 g/mol. The van der Waals surface area contributed by atoms with Crippen LogP contribution in [0.15, 0.2) is 22.7 Å². The topological polar surface area (TPSA) is 46.2 Å². The van der Waals surface area contributed by atoms with Crippen LogP contribution in [-0.2, 0) is 0 Å². The van der Waals surface area contributed by atoms with Gasteiger partial charge in [-0.1, -0.05) is 41.3 Å². The van der Waals surface area contributed by atoms with Crippen LogP contribution in [0.5, 0.6) is 0 Å². The van der Waals surface area contributed by atoms with E-state index in [1.165, 1.54) is 12.5 Å². The minimum Gasteiger partial charge on any atom is -0.391 e. The van der Waals surface area contributed by atoms with Gasteiger partial charge in [0.2, 0.25) is 0 Å². The maximum Gasteiger partial charge on any atom is 0.129 e. The Bertz CT molecular complexity index is 392. The molecule has 1 aromatic rings. The lowest BCUT2D eigenvalue weighted by Gasteiger charge is -2.31. The zero-order valence-electron chi connectivity index (χ0n) is 10.7. The molecule has 19 heavy (non-hydrogen) atoms. The van der Waals surface area contributed by atoms with E-state index in [2.05, 4.69) is 15.9 Å². The number of rotatable bonds is 3. The van der Waals surface area contributed by atoms with E-state index < -0.39 is 12.1 Å². The van der Waals surface area contributed by atoms with Crippen molar-refractivity contribution in [2.45, 2.75) is 44.2 Å². The minimum atomic E-state index is -0.668. The number of aliphatic hydroxyl groups excluding tert-OH is 1. The van der Waals surface area contributed by atoms with E-state index in [1.54, 1.807) is 12.1 Å². The van der Waals surface area contributed by atoms with Crippen molar-refractivity contribution in [1.29, 1.82) is 0 Å². The lowest BCUT2D eigenvalue weighted by molar-refractivity contribution is 0.0606. The Morgan fingerprint density at radius 1 is 1.26 bits per heavy atom. The summed E-state index contributed by atoms with van der Waals surface area (Å²) in [5, 5.41) is 10.3. The standard InChI is InChI=1S/C14H19BrFNO.ClH/c15-10-7-4-8-11(16)12(10)13(17)14(18)9-5-2-1-3-6-9;/h4,7-9,13-14,18H,1-3,5-6,17H2;1H/t13-,14+;/m1./s1. The second-order valence-electron chi connectivity index (χ2n) is 5.05. The number of hydrogen-bond acceptors (Lipinski definition) is 2. The van der Waals surface area contributed by atoms with Gasteiger partial charge in [0.05, 0.1) is 12.1 Å². The second kappa shape index (κ2) is 7.58. The summed E-state index contributed by atoms with van der Waals surface area (Å²) in [5.74, 6) is -0.160. The highest BCUT2D eigenvalue weighted by molar-refractivity contribution is 9.10. The molecule has 2 rings (SSSR count). The van der Waals surface area contributed by atoms with Crippen molar-refractivity contribution in [1.82, 2.24) is 0 Å². The summed E-state index contributed by atoms with van der Waals surface area (Å²) in [6.45, 7) is 0. The van der Waals surface area contributed by atoms with Crippen LogP contribution in [0.1, 0.15) is 43.7 Å². The molecule has 0 spiro atoms. The molecule has 3 N–H and O–H groups in total. The zero-order chi connectivity index (χ0) is 13.1. The van der Waals surface area contributed by atoms with Crippen molar-refractivity contribution in [3.63, 3.8) is 0 Å². The first-order valence-corrected chi connectivity index (χ1v) is 7.28. The third kappa shape index (κ3) is 3.91. The van der Waals surface area contributed by atoms with Crippen LogP contribution in [0.3, 0.4) is 0 Å². The highest BCUT2D eigenvalue weighted by atomic mass is 79.9. The number of hydrogen-bond donors (Lipinski definition) is 2. The summed E-state index contributed by atoms with van der Waals surface area (Å²) >= 11 is 3.31. The van der Waals surface area contributed by atoms with Crippen molar-refractivity contribution < 1.29 is 9.50 Å². The molecule has 1 saturated carbocycles. The Kier molecular flexibility index (Phi) is 6.74. The molecule has 0 aromatic heterocycles. The molecule has 2 nitrogen and oxygen atoms in total. The summed E-state index contributed by atoms with van der Waals surface area (Å²) < 4.78 is 14.4. The van der Waals surface area contributed by atoms with Gasteiger partial charge in [0.25, 0.3) is 0 Å². The van der Waals surface area contributed by atoms with Crippen LogP contribution < -0.4 is 5.73 Å². The average Bonchev–Trinajstić information content (AvgIpc) is 2.38. The smallest absolute Gasteiger partial charge is 0.129 e. The van der Waals surface area contributed by atoms with Gasteiger partial charge in [0.1, 0.15) is 5.82 Å². The third-order valence-corrected chi connectivity index (χ3v) is 4.53. The maximum atomic E-state index is 13.8. The first-order valence-electron chi connectivity index (χ1n) is 6.49. The SMILES string of the molecule is Cl.N[C@H](c1c(F)cccc1Br)[C@@H](O)C1CCCCC1. The van der Waals surface area contributed by atoms with Crippen molar-refractivity contribution in [2.75, 3.05) is 0 Å². The first kappa shape index (κ1) is 16.9. The van der Waals surface area contributed by atoms with Gasteiger partial charge in [-0.15, -0.1) is 12.4 Å². The fraction of sp³-hybridized carbons (Fsp3) is 0.571. The van der Waals surface area contributed by atoms with Crippen LogP contribution >= 0.6 is 28.3 Å². The lowest BCUT2D eigenvalue weighted by Crippen LogP contribution is -2.35. The summed E-state index contributed by atoms with van der Waals surface area (Å²) in [6, 6.07) is 4.10. The van der Waals surface area contributed by atoms with E-state index in [0.29, 0.717) is 10.0 Å². The largest absolute Gasteiger partial charge is 0.391 e. The van der Waals surface area contributed by atoms with E-state index in [4.69, 9.17) is 5.73 Å². The van der Waals surface area contributed by atoms with Gasteiger partial charge in [-0.25, -0.2) is 4.39 Å². The molecule has 5 heteroatoms. The molecular weight excluding hydrogens is 333 g/mol. The molecule has 1 aliphatic rings. The van der Waals surface area contributed by atoms with Gasteiger partial charge in [-0.2, -0.15) is 0 Å². The summed E-state index contributed by atoms with van der Waals surface area (Å²) in [5.41, 5.74) is 6.44. The molecule has 108 valence electrons. The maximum absolute atomic E-state index is 13.8. The molecule has 0 unspecified atom stereocenters. The normalized spacial score (nSPS) is 19.6. The van der Waals surface area contributed by atoms with E-state index in [1.807, 2.05) is 0 Å². The van der Waals surface area contributed by atoms with E-state index in [-0.39, 0.29) is 24.1 Å². The van der Waals surface area contributed by atoms with Gasteiger partial charge in [-0.3, -0.25) is 0 Å². The van der Waals surface area contributed by atoms with Gasteiger partial charge < -0.3 is 10.8 Å². The molecule has 0 aliphatic heterocycles. The van der Waals surface area contributed by atoms with Crippen LogP contribution in [0.2, 0.25) is 0 Å². The highest BCUT2D eigenvalue weighted by Gasteiger charge is 2.30. The predicted molar refractivity (Wildman–Crippen MR) is 80.9 cm³/mol. The van der Waals surface area contributed by atoms with Crippen molar-refractivity contribution in [3.8, 4) is 0 Å². The fourth-order valence-corrected chi connectivity index (χ4v) is 3.38. The molecule has 1 aliphatic carbocycles. The number of aliphatic hydroxyl groups is 1. The molecule has 0 saturated heterocycles. The van der Waals surface area contributed by atoms with Gasteiger partial charge in [0, 0.05) is 10.0 Å². The summed E-state index contributed by atoms with van der Waals surface area (Å²) in [6.07, 6.45) is 4.79. The Hall–Kier alpha value is -0.160. The monoisotopic (exact) mass is 351 g/mol. The van der Waals surface area contributed by atoms with Gasteiger partial charge >= 0.3 is 0 Å². The van der Waals surface area contributed by atoms with Crippen LogP contribution in [0.4, 0.5) is 4.39 Å². The Balaban J connectivity index is 0.00000180. The quantitative estimate of drug-likeness (QED) is 0.865. The second-order valence-corrected chi connectivity index (χ2v) is 5.90. The molecule has 0 bridgehead atoms. The third-order valence-electron chi connectivity index (χ3n) is 3.83. The summed E-state index contributed by atoms with van der Waals surface area (Å²) in [7, 11) is 0. The Morgan fingerprint density at radius 3 is 2.47 bits per heavy atom. The molecule has 2 atom stereocenters. The Labute approximate surface area is 128 Å². The fourth-order valence-electron chi connectivity index (χ4n) is 2.77. The number of nitrogens with two attached hydrogens (primary N) is 1. The molecule has 1 aromatic carbocycles. The number of benzene rings is 1. The van der Waals surface area contributed by atoms with Crippen molar-refractivity contribution in [2.24, 2.45) is 11.7 Å². The molecular formula is C14H20BrClFNO.